The Morgan fingerprint density at radius 3 is 2.67 bits per heavy atom. The summed E-state index contributed by atoms with van der Waals surface area (Å²) in [6.07, 6.45) is 0.583. The van der Waals surface area contributed by atoms with E-state index in [2.05, 4.69) is 5.32 Å². The number of non-ortho nitro benzene ring substituents is 1. The normalized spacial score (nSPS) is 10.1. The molecule has 0 saturated carbocycles. The van der Waals surface area contributed by atoms with E-state index in [0.29, 0.717) is 23.3 Å². The maximum Gasteiger partial charge on any atom is 0.270 e. The van der Waals surface area contributed by atoms with Gasteiger partial charge in [-0.25, -0.2) is 0 Å². The number of nitro groups is 1. The fraction of sp³-hybridized carbons (Fsp3) is 0.0833. The average molecular weight is 246 g/mol. The lowest BCUT2D eigenvalue weighted by Gasteiger charge is -2.06. The Balaban J connectivity index is 2.55. The van der Waals surface area contributed by atoms with Gasteiger partial charge in [-0.2, -0.15) is 0 Å². The number of nitro benzene ring substituents is 1. The van der Waals surface area contributed by atoms with Crippen LogP contribution in [0.2, 0.25) is 0 Å². The molecule has 0 aliphatic carbocycles. The van der Waals surface area contributed by atoms with Crippen LogP contribution in [0.1, 0.15) is 10.6 Å². The maximum atomic E-state index is 10.7. The van der Waals surface area contributed by atoms with Gasteiger partial charge in [-0.15, -0.1) is 0 Å². The van der Waals surface area contributed by atoms with E-state index >= 15 is 0 Å². The quantitative estimate of drug-likeness (QED) is 0.509. The Bertz CT molecular complexity index is 604. The molecule has 1 aromatic carbocycles. The molecule has 6 nitrogen and oxygen atoms in total. The minimum atomic E-state index is -0.480. The molecule has 0 unspecified atom stereocenters. The summed E-state index contributed by atoms with van der Waals surface area (Å²) < 4.78 is 5.27. The second-order valence-electron chi connectivity index (χ2n) is 3.56. The molecule has 2 aromatic rings. The van der Waals surface area contributed by atoms with Crippen LogP contribution < -0.4 is 5.32 Å². The van der Waals surface area contributed by atoms with Crippen molar-refractivity contribution in [2.45, 2.75) is 0 Å². The molecule has 92 valence electrons. The van der Waals surface area contributed by atoms with E-state index < -0.39 is 4.92 Å². The van der Waals surface area contributed by atoms with Crippen molar-refractivity contribution in [3.8, 4) is 11.3 Å². The van der Waals surface area contributed by atoms with Crippen LogP contribution >= 0.6 is 0 Å². The molecule has 0 amide bonds. The number of furan rings is 1. The van der Waals surface area contributed by atoms with Crippen molar-refractivity contribution in [2.75, 3.05) is 12.4 Å². The summed E-state index contributed by atoms with van der Waals surface area (Å²) in [4.78, 5) is 20.8. The standard InChI is InChI=1S/C12H10N2O4/c1-13-11-4-2-8(14(16)17)6-10(11)12-5-3-9(7-15)18-12/h2-7,13H,1H3. The first kappa shape index (κ1) is 11.8. The number of hydrogen-bond donors (Lipinski definition) is 1. The van der Waals surface area contributed by atoms with Crippen molar-refractivity contribution < 1.29 is 14.1 Å². The molecule has 1 N–H and O–H groups in total. The Kier molecular flexibility index (Phi) is 3.09. The van der Waals surface area contributed by atoms with Crippen LogP contribution in [0.3, 0.4) is 0 Å². The van der Waals surface area contributed by atoms with Gasteiger partial charge in [0.1, 0.15) is 5.76 Å². The van der Waals surface area contributed by atoms with E-state index in [0.717, 1.165) is 0 Å². The summed E-state index contributed by atoms with van der Waals surface area (Å²) in [5, 5.41) is 13.7. The van der Waals surface area contributed by atoms with Gasteiger partial charge in [0, 0.05) is 30.4 Å². The first-order valence-electron chi connectivity index (χ1n) is 5.17. The van der Waals surface area contributed by atoms with Crippen LogP contribution in [0.4, 0.5) is 11.4 Å². The fourth-order valence-corrected chi connectivity index (χ4v) is 1.63. The predicted octanol–water partition coefficient (Wildman–Crippen LogP) is 2.71. The number of benzene rings is 1. The van der Waals surface area contributed by atoms with Gasteiger partial charge in [0.15, 0.2) is 12.0 Å². The zero-order chi connectivity index (χ0) is 13.1. The third-order valence-electron chi connectivity index (χ3n) is 2.49. The minimum Gasteiger partial charge on any atom is -0.453 e. The number of aldehydes is 1. The summed E-state index contributed by atoms with van der Waals surface area (Å²) in [5.41, 5.74) is 1.19. The highest BCUT2D eigenvalue weighted by atomic mass is 16.6. The molecule has 0 spiro atoms. The molecule has 0 bridgehead atoms. The van der Waals surface area contributed by atoms with E-state index in [1.807, 2.05) is 0 Å². The van der Waals surface area contributed by atoms with Gasteiger partial charge in [-0.1, -0.05) is 0 Å². The van der Waals surface area contributed by atoms with Gasteiger partial charge in [0.25, 0.3) is 5.69 Å². The van der Waals surface area contributed by atoms with Crippen molar-refractivity contribution in [3.05, 3.63) is 46.2 Å². The summed E-state index contributed by atoms with van der Waals surface area (Å²) >= 11 is 0. The van der Waals surface area contributed by atoms with Crippen LogP contribution in [0.5, 0.6) is 0 Å². The summed E-state index contributed by atoms with van der Waals surface area (Å²) in [6, 6.07) is 7.51. The van der Waals surface area contributed by atoms with E-state index in [1.165, 1.54) is 18.2 Å². The lowest BCUT2D eigenvalue weighted by molar-refractivity contribution is -0.384. The van der Waals surface area contributed by atoms with Crippen molar-refractivity contribution in [1.29, 1.82) is 0 Å². The lowest BCUT2D eigenvalue weighted by atomic mass is 10.1. The Morgan fingerprint density at radius 1 is 1.33 bits per heavy atom. The third-order valence-corrected chi connectivity index (χ3v) is 2.49. The number of rotatable bonds is 4. The van der Waals surface area contributed by atoms with Gasteiger partial charge < -0.3 is 9.73 Å². The highest BCUT2D eigenvalue weighted by molar-refractivity contribution is 5.79. The molecule has 0 fully saturated rings. The summed E-state index contributed by atoms with van der Waals surface area (Å²) in [7, 11) is 1.70. The molecule has 0 aliphatic rings. The largest absolute Gasteiger partial charge is 0.453 e. The number of carbonyl (C=O) groups is 1. The Labute approximate surface area is 102 Å². The van der Waals surface area contributed by atoms with E-state index in [1.54, 1.807) is 19.2 Å². The van der Waals surface area contributed by atoms with E-state index in [9.17, 15) is 14.9 Å². The molecular formula is C12H10N2O4. The van der Waals surface area contributed by atoms with Gasteiger partial charge in [0.2, 0.25) is 0 Å². The zero-order valence-corrected chi connectivity index (χ0v) is 9.54. The molecule has 0 radical (unpaired) electrons. The van der Waals surface area contributed by atoms with Crippen LogP contribution in [0.25, 0.3) is 11.3 Å². The lowest BCUT2D eigenvalue weighted by Crippen LogP contribution is -1.94. The van der Waals surface area contributed by atoms with Crippen LogP contribution in [-0.4, -0.2) is 18.3 Å². The molecule has 1 aromatic heterocycles. The average Bonchev–Trinajstić information content (AvgIpc) is 2.86. The predicted molar refractivity (Wildman–Crippen MR) is 65.7 cm³/mol. The van der Waals surface area contributed by atoms with Crippen LogP contribution in [-0.2, 0) is 0 Å². The van der Waals surface area contributed by atoms with Crippen LogP contribution in [0.15, 0.2) is 34.7 Å². The maximum absolute atomic E-state index is 10.7. The highest BCUT2D eigenvalue weighted by Gasteiger charge is 2.14. The number of nitrogens with one attached hydrogen (secondary N) is 1. The van der Waals surface area contributed by atoms with Crippen molar-refractivity contribution >= 4 is 17.7 Å². The second kappa shape index (κ2) is 4.70. The van der Waals surface area contributed by atoms with Gasteiger partial charge >= 0.3 is 0 Å². The molecule has 1 heterocycles. The fourth-order valence-electron chi connectivity index (χ4n) is 1.63. The number of nitrogens with zero attached hydrogens (tertiary/aromatic N) is 1. The Morgan fingerprint density at radius 2 is 2.11 bits per heavy atom. The van der Waals surface area contributed by atoms with E-state index in [-0.39, 0.29) is 11.4 Å². The molecule has 0 aliphatic heterocycles. The first-order valence-corrected chi connectivity index (χ1v) is 5.17. The molecule has 2 rings (SSSR count). The van der Waals surface area contributed by atoms with Crippen molar-refractivity contribution in [1.82, 2.24) is 0 Å². The molecule has 6 heteroatoms. The Hall–Kier alpha value is -2.63. The molecular weight excluding hydrogens is 236 g/mol. The number of hydrogen-bond acceptors (Lipinski definition) is 5. The SMILES string of the molecule is CNc1ccc([N+](=O)[O-])cc1-c1ccc(C=O)o1. The van der Waals surface area contributed by atoms with Crippen LogP contribution in [0, 0.1) is 10.1 Å². The molecule has 18 heavy (non-hydrogen) atoms. The summed E-state index contributed by atoms with van der Waals surface area (Å²) in [5.74, 6) is 0.587. The van der Waals surface area contributed by atoms with Crippen molar-refractivity contribution in [3.63, 3.8) is 0 Å². The highest BCUT2D eigenvalue weighted by Crippen LogP contribution is 2.32. The van der Waals surface area contributed by atoms with Crippen molar-refractivity contribution in [2.24, 2.45) is 0 Å². The molecule has 0 saturated heterocycles. The second-order valence-corrected chi connectivity index (χ2v) is 3.56. The number of carbonyl (C=O) groups excluding carboxylic acids is 1. The smallest absolute Gasteiger partial charge is 0.270 e. The third kappa shape index (κ3) is 2.08. The molecule has 0 atom stereocenters. The van der Waals surface area contributed by atoms with Gasteiger partial charge in [-0.3, -0.25) is 14.9 Å². The van der Waals surface area contributed by atoms with Gasteiger partial charge in [-0.05, 0) is 18.2 Å². The van der Waals surface area contributed by atoms with E-state index in [4.69, 9.17) is 4.42 Å². The van der Waals surface area contributed by atoms with Gasteiger partial charge in [0.05, 0.1) is 4.92 Å². The number of anilines is 1. The monoisotopic (exact) mass is 246 g/mol. The first-order chi connectivity index (χ1) is 8.65. The minimum absolute atomic E-state index is 0.0342. The summed E-state index contributed by atoms with van der Waals surface area (Å²) in [6.45, 7) is 0. The zero-order valence-electron chi connectivity index (χ0n) is 9.54. The topological polar surface area (TPSA) is 85.4 Å².